The number of amides is 1. The maximum atomic E-state index is 13.2. The zero-order valence-electron chi connectivity index (χ0n) is 9.08. The van der Waals surface area contributed by atoms with Crippen molar-refractivity contribution in [3.63, 3.8) is 0 Å². The second-order valence-corrected chi connectivity index (χ2v) is 4.54. The van der Waals surface area contributed by atoms with Gasteiger partial charge in [0.05, 0.1) is 4.47 Å². The summed E-state index contributed by atoms with van der Waals surface area (Å²) < 4.78 is 18.6. The maximum absolute atomic E-state index is 13.2. The molecule has 4 nitrogen and oxygen atoms in total. The number of carbonyl (C=O) groups is 1. The number of benzene rings is 1. The molecule has 92 valence electrons. The molecule has 0 unspecified atom stereocenters. The molecule has 1 saturated heterocycles. The van der Waals surface area contributed by atoms with E-state index in [1.807, 2.05) is 0 Å². The number of nitrogens with one attached hydrogen (secondary N) is 1. The number of carbonyl (C=O) groups excluding carboxylic acids is 1. The van der Waals surface area contributed by atoms with Crippen molar-refractivity contribution in [1.82, 2.24) is 10.2 Å². The van der Waals surface area contributed by atoms with E-state index in [1.165, 1.54) is 12.1 Å². The van der Waals surface area contributed by atoms with Crippen molar-refractivity contribution < 1.29 is 13.9 Å². The molecule has 1 N–H and O–H groups in total. The first-order valence-corrected chi connectivity index (χ1v) is 6.08. The molecule has 1 amide bonds. The van der Waals surface area contributed by atoms with Crippen LogP contribution in [0.4, 0.5) is 9.18 Å². The Balaban J connectivity index is 1.99. The van der Waals surface area contributed by atoms with Gasteiger partial charge in [0.25, 0.3) is 0 Å². The topological polar surface area (TPSA) is 41.6 Å². The molecule has 1 aromatic carbocycles. The summed E-state index contributed by atoms with van der Waals surface area (Å²) in [5.74, 6) is -0.232. The van der Waals surface area contributed by atoms with Crippen molar-refractivity contribution in [2.75, 3.05) is 26.2 Å². The van der Waals surface area contributed by atoms with Gasteiger partial charge in [0, 0.05) is 32.2 Å². The van der Waals surface area contributed by atoms with Gasteiger partial charge in [-0.2, -0.15) is 0 Å². The normalized spacial score (nSPS) is 15.8. The van der Waals surface area contributed by atoms with Gasteiger partial charge in [0.2, 0.25) is 0 Å². The van der Waals surface area contributed by atoms with Crippen molar-refractivity contribution in [2.45, 2.75) is 0 Å². The monoisotopic (exact) mass is 302 g/mol. The minimum Gasteiger partial charge on any atom is -0.410 e. The Morgan fingerprint density at radius 2 is 2.12 bits per heavy atom. The van der Waals surface area contributed by atoms with Crippen molar-refractivity contribution in [3.05, 3.63) is 28.5 Å². The van der Waals surface area contributed by atoms with E-state index < -0.39 is 11.9 Å². The lowest BCUT2D eigenvalue weighted by atomic mass is 10.3. The zero-order chi connectivity index (χ0) is 12.3. The SMILES string of the molecule is O=C(Oc1ccc(Br)c(F)c1)N1CCNCC1. The first-order chi connectivity index (χ1) is 8.16. The summed E-state index contributed by atoms with van der Waals surface area (Å²) in [4.78, 5) is 13.3. The Labute approximate surface area is 107 Å². The number of nitrogens with zero attached hydrogens (tertiary/aromatic N) is 1. The Kier molecular flexibility index (Phi) is 3.96. The molecule has 2 rings (SSSR count). The van der Waals surface area contributed by atoms with Crippen LogP contribution >= 0.6 is 15.9 Å². The highest BCUT2D eigenvalue weighted by molar-refractivity contribution is 9.10. The second-order valence-electron chi connectivity index (χ2n) is 3.68. The Morgan fingerprint density at radius 1 is 1.41 bits per heavy atom. The third kappa shape index (κ3) is 3.17. The molecule has 0 radical (unpaired) electrons. The molecule has 0 spiro atoms. The highest BCUT2D eigenvalue weighted by Gasteiger charge is 2.18. The Morgan fingerprint density at radius 3 is 2.76 bits per heavy atom. The molecule has 0 bridgehead atoms. The number of piperazine rings is 1. The fourth-order valence-electron chi connectivity index (χ4n) is 1.55. The van der Waals surface area contributed by atoms with Gasteiger partial charge in [-0.3, -0.25) is 0 Å². The van der Waals surface area contributed by atoms with E-state index in [0.717, 1.165) is 13.1 Å². The van der Waals surface area contributed by atoms with Crippen LogP contribution in [0, 0.1) is 5.82 Å². The first kappa shape index (κ1) is 12.3. The van der Waals surface area contributed by atoms with E-state index in [2.05, 4.69) is 21.2 Å². The number of hydrogen-bond acceptors (Lipinski definition) is 3. The lowest BCUT2D eigenvalue weighted by molar-refractivity contribution is 0.145. The van der Waals surface area contributed by atoms with Crippen molar-refractivity contribution in [3.8, 4) is 5.75 Å². The van der Waals surface area contributed by atoms with E-state index in [0.29, 0.717) is 17.6 Å². The van der Waals surface area contributed by atoms with Crippen LogP contribution in [0.1, 0.15) is 0 Å². The summed E-state index contributed by atoms with van der Waals surface area (Å²) in [5.41, 5.74) is 0. The van der Waals surface area contributed by atoms with Crippen LogP contribution in [0.3, 0.4) is 0 Å². The third-order valence-electron chi connectivity index (χ3n) is 2.47. The second kappa shape index (κ2) is 5.46. The molecule has 6 heteroatoms. The van der Waals surface area contributed by atoms with E-state index in [-0.39, 0.29) is 5.75 Å². The smallest absolute Gasteiger partial charge is 0.410 e. The van der Waals surface area contributed by atoms with Crippen LogP contribution in [0.5, 0.6) is 5.75 Å². The van der Waals surface area contributed by atoms with Gasteiger partial charge in [0.1, 0.15) is 11.6 Å². The fourth-order valence-corrected chi connectivity index (χ4v) is 1.80. The van der Waals surface area contributed by atoms with Gasteiger partial charge in [-0.15, -0.1) is 0 Å². The number of halogens is 2. The van der Waals surface area contributed by atoms with Crippen LogP contribution in [0.15, 0.2) is 22.7 Å². The Hall–Kier alpha value is -1.14. The lowest BCUT2D eigenvalue weighted by Gasteiger charge is -2.26. The summed E-state index contributed by atoms with van der Waals surface area (Å²) in [6, 6.07) is 4.24. The highest BCUT2D eigenvalue weighted by Crippen LogP contribution is 2.21. The minimum atomic E-state index is -0.449. The van der Waals surface area contributed by atoms with Gasteiger partial charge in [-0.05, 0) is 28.1 Å². The largest absolute Gasteiger partial charge is 0.415 e. The third-order valence-corrected chi connectivity index (χ3v) is 3.11. The molecule has 0 saturated carbocycles. The number of rotatable bonds is 1. The molecule has 0 aliphatic carbocycles. The average molecular weight is 303 g/mol. The molecule has 1 aliphatic rings. The predicted octanol–water partition coefficient (Wildman–Crippen LogP) is 1.99. The fraction of sp³-hybridized carbons (Fsp3) is 0.364. The van der Waals surface area contributed by atoms with Gasteiger partial charge in [-0.1, -0.05) is 0 Å². The van der Waals surface area contributed by atoms with Crippen LogP contribution in [0.2, 0.25) is 0 Å². The van der Waals surface area contributed by atoms with Gasteiger partial charge in [-0.25, -0.2) is 9.18 Å². The Bertz CT molecular complexity index is 422. The van der Waals surface area contributed by atoms with Crippen LogP contribution in [0.25, 0.3) is 0 Å². The molecule has 0 atom stereocenters. The van der Waals surface area contributed by atoms with Gasteiger partial charge < -0.3 is 15.0 Å². The van der Waals surface area contributed by atoms with E-state index in [9.17, 15) is 9.18 Å². The quantitative estimate of drug-likeness (QED) is 0.863. The molecule has 0 aromatic heterocycles. The first-order valence-electron chi connectivity index (χ1n) is 5.29. The van der Waals surface area contributed by atoms with Crippen LogP contribution in [-0.2, 0) is 0 Å². The van der Waals surface area contributed by atoms with Gasteiger partial charge in [0.15, 0.2) is 0 Å². The lowest BCUT2D eigenvalue weighted by Crippen LogP contribution is -2.47. The minimum absolute atomic E-state index is 0.217. The molecule has 1 fully saturated rings. The number of hydrogen-bond donors (Lipinski definition) is 1. The van der Waals surface area contributed by atoms with Gasteiger partial charge >= 0.3 is 6.09 Å². The summed E-state index contributed by atoms with van der Waals surface area (Å²) in [6.45, 7) is 2.73. The molecule has 17 heavy (non-hydrogen) atoms. The molecule has 1 heterocycles. The molecular weight excluding hydrogens is 291 g/mol. The van der Waals surface area contributed by atoms with Crippen LogP contribution < -0.4 is 10.1 Å². The standard InChI is InChI=1S/C11H12BrFN2O2/c12-9-2-1-8(7-10(9)13)17-11(16)15-5-3-14-4-6-15/h1-2,7,14H,3-6H2. The summed E-state index contributed by atoms with van der Waals surface area (Å²) in [5, 5.41) is 3.13. The summed E-state index contributed by atoms with van der Waals surface area (Å²) in [7, 11) is 0. The van der Waals surface area contributed by atoms with Crippen molar-refractivity contribution >= 4 is 22.0 Å². The number of ether oxygens (including phenoxy) is 1. The molecular formula is C11H12BrFN2O2. The highest BCUT2D eigenvalue weighted by atomic mass is 79.9. The van der Waals surface area contributed by atoms with Crippen molar-refractivity contribution in [1.29, 1.82) is 0 Å². The summed E-state index contributed by atoms with van der Waals surface area (Å²) in [6.07, 6.45) is -0.437. The van der Waals surface area contributed by atoms with E-state index in [4.69, 9.17) is 4.74 Å². The molecule has 1 aliphatic heterocycles. The maximum Gasteiger partial charge on any atom is 0.415 e. The van der Waals surface area contributed by atoms with E-state index >= 15 is 0 Å². The van der Waals surface area contributed by atoms with Crippen LogP contribution in [-0.4, -0.2) is 37.2 Å². The molecule has 1 aromatic rings. The predicted molar refractivity (Wildman–Crippen MR) is 64.6 cm³/mol. The zero-order valence-corrected chi connectivity index (χ0v) is 10.7. The average Bonchev–Trinajstić information content (AvgIpc) is 2.35. The van der Waals surface area contributed by atoms with Crippen molar-refractivity contribution in [2.24, 2.45) is 0 Å². The summed E-state index contributed by atoms with van der Waals surface area (Å²) >= 11 is 3.04. The van der Waals surface area contributed by atoms with E-state index in [1.54, 1.807) is 11.0 Å².